The minimum absolute atomic E-state index is 0.00596. The summed E-state index contributed by atoms with van der Waals surface area (Å²) in [7, 11) is 0. The van der Waals surface area contributed by atoms with E-state index in [2.05, 4.69) is 24.5 Å². The van der Waals surface area contributed by atoms with Gasteiger partial charge in [0, 0.05) is 24.7 Å². The lowest BCUT2D eigenvalue weighted by Gasteiger charge is -2.29. The molecule has 0 radical (unpaired) electrons. The first kappa shape index (κ1) is 19.7. The van der Waals surface area contributed by atoms with Crippen molar-refractivity contribution in [1.82, 2.24) is 5.32 Å². The van der Waals surface area contributed by atoms with Crippen molar-refractivity contribution in [2.75, 3.05) is 11.9 Å². The highest BCUT2D eigenvalue weighted by molar-refractivity contribution is 5.91. The van der Waals surface area contributed by atoms with Crippen LogP contribution in [0.25, 0.3) is 0 Å². The minimum atomic E-state index is -0.769. The normalized spacial score (nSPS) is 15.5. The molecule has 3 N–H and O–H groups in total. The van der Waals surface area contributed by atoms with Crippen LogP contribution in [0.3, 0.4) is 0 Å². The van der Waals surface area contributed by atoms with Crippen molar-refractivity contribution in [3.05, 3.63) is 29.8 Å². The van der Waals surface area contributed by atoms with Crippen molar-refractivity contribution in [2.45, 2.75) is 65.5 Å². The van der Waals surface area contributed by atoms with Crippen LogP contribution in [-0.4, -0.2) is 29.2 Å². The average Bonchev–Trinajstić information content (AvgIpc) is 2.45. The fourth-order valence-corrected chi connectivity index (χ4v) is 2.25. The van der Waals surface area contributed by atoms with E-state index in [-0.39, 0.29) is 17.9 Å². The van der Waals surface area contributed by atoms with Crippen molar-refractivity contribution in [1.29, 1.82) is 0 Å². The van der Waals surface area contributed by atoms with Gasteiger partial charge in [-0.3, -0.25) is 4.79 Å². The number of hydrogen-bond donors (Lipinski definition) is 3. The Kier molecular flexibility index (Phi) is 7.23. The number of rotatable bonds is 8. The Hall–Kier alpha value is -1.39. The number of para-hydroxylation sites is 1. The zero-order valence-electron chi connectivity index (χ0n) is 15.3. The minimum Gasteiger partial charge on any atom is -0.389 e. The predicted octanol–water partition coefficient (Wildman–Crippen LogP) is 3.52. The highest BCUT2D eigenvalue weighted by Crippen LogP contribution is 2.23. The topological polar surface area (TPSA) is 61.4 Å². The summed E-state index contributed by atoms with van der Waals surface area (Å²) in [5, 5.41) is 16.5. The van der Waals surface area contributed by atoms with Crippen molar-refractivity contribution in [3.8, 4) is 0 Å². The molecule has 0 aromatic heterocycles. The van der Waals surface area contributed by atoms with Crippen LogP contribution in [0, 0.1) is 5.92 Å². The molecule has 0 aliphatic rings. The summed E-state index contributed by atoms with van der Waals surface area (Å²) in [6, 6.07) is 7.91. The van der Waals surface area contributed by atoms with E-state index in [9.17, 15) is 9.90 Å². The Labute approximate surface area is 140 Å². The summed E-state index contributed by atoms with van der Waals surface area (Å²) < 4.78 is 0. The van der Waals surface area contributed by atoms with Gasteiger partial charge in [0.1, 0.15) is 0 Å². The molecule has 1 aromatic carbocycles. The van der Waals surface area contributed by atoms with Gasteiger partial charge >= 0.3 is 0 Å². The van der Waals surface area contributed by atoms with Gasteiger partial charge in [0.05, 0.1) is 5.60 Å². The quantitative estimate of drug-likeness (QED) is 0.687. The molecule has 4 nitrogen and oxygen atoms in total. The number of nitrogens with one attached hydrogen (secondary N) is 2. The second kappa shape index (κ2) is 8.46. The van der Waals surface area contributed by atoms with E-state index < -0.39 is 5.60 Å². The van der Waals surface area contributed by atoms with Crippen molar-refractivity contribution in [3.63, 3.8) is 0 Å². The first-order chi connectivity index (χ1) is 10.6. The molecule has 0 fully saturated rings. The molecule has 2 atom stereocenters. The second-order valence-electron chi connectivity index (χ2n) is 7.29. The summed E-state index contributed by atoms with van der Waals surface area (Å²) in [4.78, 5) is 12.2. The molecule has 1 aromatic rings. The Morgan fingerprint density at radius 1 is 1.17 bits per heavy atom. The summed E-state index contributed by atoms with van der Waals surface area (Å²) in [5.41, 5.74) is 1.26. The fraction of sp³-hybridized carbons (Fsp3) is 0.632. The first-order valence-corrected chi connectivity index (χ1v) is 8.48. The van der Waals surface area contributed by atoms with Gasteiger partial charge in [-0.2, -0.15) is 0 Å². The smallest absolute Gasteiger partial charge is 0.225 e. The summed E-state index contributed by atoms with van der Waals surface area (Å²) in [5.74, 6) is 0.513. The van der Waals surface area contributed by atoms with E-state index >= 15 is 0 Å². The monoisotopic (exact) mass is 320 g/mol. The number of hydrogen-bond acceptors (Lipinski definition) is 3. The van der Waals surface area contributed by atoms with E-state index in [0.717, 1.165) is 11.3 Å². The fourth-order valence-electron chi connectivity index (χ4n) is 2.25. The van der Waals surface area contributed by atoms with Crippen LogP contribution in [0.15, 0.2) is 24.3 Å². The molecule has 0 bridgehead atoms. The molecule has 2 unspecified atom stereocenters. The number of carbonyl (C=O) groups excluding carboxylic acids is 1. The van der Waals surface area contributed by atoms with E-state index in [1.54, 1.807) is 0 Å². The van der Waals surface area contributed by atoms with E-state index in [1.165, 1.54) is 0 Å². The maximum absolute atomic E-state index is 12.2. The van der Waals surface area contributed by atoms with Crippen LogP contribution < -0.4 is 10.6 Å². The third kappa shape index (κ3) is 6.32. The van der Waals surface area contributed by atoms with Gasteiger partial charge in [-0.15, -0.1) is 0 Å². The summed E-state index contributed by atoms with van der Waals surface area (Å²) >= 11 is 0. The maximum Gasteiger partial charge on any atom is 0.225 e. The lowest BCUT2D eigenvalue weighted by Crippen LogP contribution is -2.45. The van der Waals surface area contributed by atoms with Gasteiger partial charge in [0.2, 0.25) is 5.91 Å². The Morgan fingerprint density at radius 3 is 2.35 bits per heavy atom. The molecular weight excluding hydrogens is 288 g/mol. The van der Waals surface area contributed by atoms with Crippen molar-refractivity contribution >= 4 is 11.6 Å². The highest BCUT2D eigenvalue weighted by atomic mass is 16.3. The Bertz CT molecular complexity index is 510. The summed E-state index contributed by atoms with van der Waals surface area (Å²) in [6.45, 7) is 12.5. The number of anilines is 1. The Morgan fingerprint density at radius 2 is 1.78 bits per heavy atom. The second-order valence-corrected chi connectivity index (χ2v) is 7.29. The van der Waals surface area contributed by atoms with Gasteiger partial charge < -0.3 is 15.7 Å². The van der Waals surface area contributed by atoms with Gasteiger partial charge in [0.15, 0.2) is 0 Å². The molecule has 1 rings (SSSR count). The van der Waals surface area contributed by atoms with Crippen LogP contribution in [0.2, 0.25) is 0 Å². The predicted molar refractivity (Wildman–Crippen MR) is 96.7 cm³/mol. The van der Waals surface area contributed by atoms with Crippen LogP contribution in [-0.2, 0) is 4.79 Å². The summed E-state index contributed by atoms with van der Waals surface area (Å²) in [6.07, 6.45) is 0.376. The maximum atomic E-state index is 12.2. The number of aliphatic hydroxyl groups is 1. The van der Waals surface area contributed by atoms with Crippen molar-refractivity contribution in [2.24, 2.45) is 5.92 Å². The van der Waals surface area contributed by atoms with E-state index in [1.807, 2.05) is 52.0 Å². The molecule has 0 aliphatic carbocycles. The zero-order valence-corrected chi connectivity index (χ0v) is 15.3. The lowest BCUT2D eigenvalue weighted by molar-refractivity contribution is -0.116. The van der Waals surface area contributed by atoms with Gasteiger partial charge in [-0.25, -0.2) is 0 Å². The molecular formula is C19H32N2O2. The third-order valence-electron chi connectivity index (χ3n) is 4.40. The largest absolute Gasteiger partial charge is 0.389 e. The average molecular weight is 320 g/mol. The molecule has 0 saturated carbocycles. The van der Waals surface area contributed by atoms with E-state index in [0.29, 0.717) is 18.9 Å². The number of benzene rings is 1. The standard InChI is InChI=1S/C19H32N2O2/c1-13(2)16-9-7-8-10-17(16)21-18(22)11-15(5)20-12-19(6,23)14(3)4/h7-10,13-15,20,23H,11-12H2,1-6H3,(H,21,22). The number of amides is 1. The Balaban J connectivity index is 2.54. The lowest BCUT2D eigenvalue weighted by atomic mass is 9.92. The van der Waals surface area contributed by atoms with Crippen LogP contribution in [0.4, 0.5) is 5.69 Å². The zero-order chi connectivity index (χ0) is 17.6. The molecule has 130 valence electrons. The molecule has 1 amide bonds. The van der Waals surface area contributed by atoms with Crippen LogP contribution in [0.1, 0.15) is 59.4 Å². The first-order valence-electron chi connectivity index (χ1n) is 8.48. The highest BCUT2D eigenvalue weighted by Gasteiger charge is 2.25. The molecule has 4 heteroatoms. The molecule has 0 heterocycles. The third-order valence-corrected chi connectivity index (χ3v) is 4.40. The molecule has 0 saturated heterocycles. The van der Waals surface area contributed by atoms with Gasteiger partial charge in [-0.05, 0) is 37.3 Å². The molecule has 0 spiro atoms. The number of carbonyl (C=O) groups is 1. The van der Waals surface area contributed by atoms with Crippen LogP contribution >= 0.6 is 0 Å². The van der Waals surface area contributed by atoms with Gasteiger partial charge in [-0.1, -0.05) is 45.9 Å². The van der Waals surface area contributed by atoms with Crippen molar-refractivity contribution < 1.29 is 9.90 Å². The SMILES string of the molecule is CC(CC(=O)Nc1ccccc1C(C)C)NCC(C)(O)C(C)C. The van der Waals surface area contributed by atoms with E-state index in [4.69, 9.17) is 0 Å². The van der Waals surface area contributed by atoms with Gasteiger partial charge in [0.25, 0.3) is 0 Å². The van der Waals surface area contributed by atoms with Crippen LogP contribution in [0.5, 0.6) is 0 Å². The molecule has 23 heavy (non-hydrogen) atoms. The molecule has 0 aliphatic heterocycles.